The molecule has 1 aromatic carbocycles. The number of rotatable bonds is 1. The first-order valence-electron chi connectivity index (χ1n) is 5.00. The van der Waals surface area contributed by atoms with Gasteiger partial charge in [-0.15, -0.1) is 0 Å². The van der Waals surface area contributed by atoms with Crippen LogP contribution in [0.2, 0.25) is 0 Å². The molecule has 80 valence electrons. The molecule has 0 bridgehead atoms. The average Bonchev–Trinajstić information content (AvgIpc) is 2.20. The number of nitrogens with one attached hydrogen (secondary N) is 1. The summed E-state index contributed by atoms with van der Waals surface area (Å²) in [6.07, 6.45) is 0.846. The lowest BCUT2D eigenvalue weighted by molar-refractivity contribution is 0.242. The summed E-state index contributed by atoms with van der Waals surface area (Å²) in [7, 11) is 0. The monoisotopic (exact) mass is 208 g/mol. The Balaban J connectivity index is 2.31. The van der Waals surface area contributed by atoms with Gasteiger partial charge >= 0.3 is 6.03 Å². The minimum absolute atomic E-state index is 0.219. The van der Waals surface area contributed by atoms with E-state index in [1.807, 2.05) is 6.92 Å². The first kappa shape index (κ1) is 9.96. The quantitative estimate of drug-likeness (QED) is 0.752. The smallest absolute Gasteiger partial charge is 0.321 e. The number of nitrogens with zero attached hydrogens (tertiary/aromatic N) is 1. The SMILES string of the molecule is Cc1ccc(N2CCCNC2=O)c(F)c1. The summed E-state index contributed by atoms with van der Waals surface area (Å²) < 4.78 is 13.6. The van der Waals surface area contributed by atoms with Gasteiger partial charge in [-0.2, -0.15) is 0 Å². The second-order valence-electron chi connectivity index (χ2n) is 3.69. The van der Waals surface area contributed by atoms with E-state index >= 15 is 0 Å². The van der Waals surface area contributed by atoms with Crippen molar-refractivity contribution in [3.05, 3.63) is 29.6 Å². The second kappa shape index (κ2) is 3.88. The van der Waals surface area contributed by atoms with Gasteiger partial charge in [0.2, 0.25) is 0 Å². The summed E-state index contributed by atoms with van der Waals surface area (Å²) in [4.78, 5) is 12.9. The molecule has 0 radical (unpaired) electrons. The molecule has 0 saturated carbocycles. The minimum atomic E-state index is -0.341. The van der Waals surface area contributed by atoms with Crippen LogP contribution in [0.1, 0.15) is 12.0 Å². The van der Waals surface area contributed by atoms with Gasteiger partial charge in [-0.25, -0.2) is 9.18 Å². The van der Waals surface area contributed by atoms with Gasteiger partial charge in [0.15, 0.2) is 0 Å². The Bertz CT molecular complexity index is 392. The third kappa shape index (κ3) is 1.93. The number of anilines is 1. The molecule has 0 atom stereocenters. The number of amides is 2. The van der Waals surface area contributed by atoms with Crippen molar-refractivity contribution in [1.29, 1.82) is 0 Å². The lowest BCUT2D eigenvalue weighted by atomic mass is 10.2. The average molecular weight is 208 g/mol. The van der Waals surface area contributed by atoms with Crippen molar-refractivity contribution in [2.24, 2.45) is 0 Å². The van der Waals surface area contributed by atoms with Crippen LogP contribution in [-0.4, -0.2) is 19.1 Å². The molecule has 1 N–H and O–H groups in total. The lowest BCUT2D eigenvalue weighted by Gasteiger charge is -2.27. The van der Waals surface area contributed by atoms with E-state index in [4.69, 9.17) is 0 Å². The molecule has 1 saturated heterocycles. The normalized spacial score (nSPS) is 16.4. The molecule has 0 aromatic heterocycles. The predicted octanol–water partition coefficient (Wildman–Crippen LogP) is 2.05. The van der Waals surface area contributed by atoms with E-state index in [1.54, 1.807) is 12.1 Å². The van der Waals surface area contributed by atoms with Gasteiger partial charge in [0.1, 0.15) is 5.82 Å². The van der Waals surface area contributed by atoms with Crippen LogP contribution >= 0.6 is 0 Å². The Kier molecular flexibility index (Phi) is 2.58. The van der Waals surface area contributed by atoms with Crippen LogP contribution in [-0.2, 0) is 0 Å². The van der Waals surface area contributed by atoms with Gasteiger partial charge in [0.05, 0.1) is 5.69 Å². The fourth-order valence-electron chi connectivity index (χ4n) is 1.69. The highest BCUT2D eigenvalue weighted by molar-refractivity contribution is 5.92. The van der Waals surface area contributed by atoms with E-state index in [0.29, 0.717) is 18.8 Å². The highest BCUT2D eigenvalue weighted by atomic mass is 19.1. The zero-order valence-corrected chi connectivity index (χ0v) is 8.59. The largest absolute Gasteiger partial charge is 0.338 e. The van der Waals surface area contributed by atoms with Crippen LogP contribution in [0.15, 0.2) is 18.2 Å². The zero-order valence-electron chi connectivity index (χ0n) is 8.59. The highest BCUT2D eigenvalue weighted by Crippen LogP contribution is 2.21. The van der Waals surface area contributed by atoms with Gasteiger partial charge in [0.25, 0.3) is 0 Å². The Hall–Kier alpha value is -1.58. The summed E-state index contributed by atoms with van der Waals surface area (Å²) in [5.41, 5.74) is 1.21. The van der Waals surface area contributed by atoms with Gasteiger partial charge in [0, 0.05) is 13.1 Å². The molecule has 1 heterocycles. The van der Waals surface area contributed by atoms with Crippen LogP contribution in [0.3, 0.4) is 0 Å². The Labute approximate surface area is 87.9 Å². The van der Waals surface area contributed by atoms with Gasteiger partial charge in [-0.05, 0) is 31.0 Å². The number of halogens is 1. The maximum atomic E-state index is 13.6. The highest BCUT2D eigenvalue weighted by Gasteiger charge is 2.21. The molecule has 2 rings (SSSR count). The van der Waals surface area contributed by atoms with Crippen LogP contribution in [0.25, 0.3) is 0 Å². The number of urea groups is 1. The first-order valence-corrected chi connectivity index (χ1v) is 5.00. The predicted molar refractivity (Wildman–Crippen MR) is 56.5 cm³/mol. The van der Waals surface area contributed by atoms with Crippen LogP contribution in [0.4, 0.5) is 14.9 Å². The van der Waals surface area contributed by atoms with E-state index in [1.165, 1.54) is 11.0 Å². The molecule has 15 heavy (non-hydrogen) atoms. The molecule has 0 aliphatic carbocycles. The fraction of sp³-hybridized carbons (Fsp3) is 0.364. The lowest BCUT2D eigenvalue weighted by Crippen LogP contribution is -2.46. The molecule has 1 aromatic rings. The summed E-state index contributed by atoms with van der Waals surface area (Å²) in [6, 6.07) is 4.68. The first-order chi connectivity index (χ1) is 7.18. The number of carbonyl (C=O) groups excluding carboxylic acids is 1. The van der Waals surface area contributed by atoms with Crippen molar-refractivity contribution in [3.8, 4) is 0 Å². The Morgan fingerprint density at radius 3 is 2.93 bits per heavy atom. The van der Waals surface area contributed by atoms with Crippen LogP contribution in [0, 0.1) is 12.7 Å². The molecule has 0 unspecified atom stereocenters. The number of aryl methyl sites for hydroxylation is 1. The Morgan fingerprint density at radius 1 is 1.47 bits per heavy atom. The third-order valence-corrected chi connectivity index (χ3v) is 2.47. The van der Waals surface area contributed by atoms with E-state index < -0.39 is 0 Å². The summed E-state index contributed by atoms with van der Waals surface area (Å²) >= 11 is 0. The molecular formula is C11H13FN2O. The maximum absolute atomic E-state index is 13.6. The Morgan fingerprint density at radius 2 is 2.27 bits per heavy atom. The van der Waals surface area contributed by atoms with E-state index in [-0.39, 0.29) is 11.8 Å². The fourth-order valence-corrected chi connectivity index (χ4v) is 1.69. The molecule has 1 fully saturated rings. The number of hydrogen-bond donors (Lipinski definition) is 1. The number of carbonyl (C=O) groups is 1. The topological polar surface area (TPSA) is 32.3 Å². The summed E-state index contributed by atoms with van der Waals surface area (Å²) in [5.74, 6) is -0.341. The summed E-state index contributed by atoms with van der Waals surface area (Å²) in [6.45, 7) is 3.07. The van der Waals surface area contributed by atoms with Crippen molar-refractivity contribution < 1.29 is 9.18 Å². The van der Waals surface area contributed by atoms with Gasteiger partial charge in [-0.1, -0.05) is 6.07 Å². The van der Waals surface area contributed by atoms with Crippen molar-refractivity contribution in [1.82, 2.24) is 5.32 Å². The van der Waals surface area contributed by atoms with Crippen molar-refractivity contribution in [2.45, 2.75) is 13.3 Å². The van der Waals surface area contributed by atoms with Gasteiger partial charge < -0.3 is 5.32 Å². The summed E-state index contributed by atoms with van der Waals surface area (Å²) in [5, 5.41) is 2.69. The number of benzene rings is 1. The van der Waals surface area contributed by atoms with E-state index in [0.717, 1.165) is 12.0 Å². The molecule has 1 aliphatic heterocycles. The maximum Gasteiger partial charge on any atom is 0.321 e. The zero-order chi connectivity index (χ0) is 10.8. The van der Waals surface area contributed by atoms with Crippen molar-refractivity contribution in [2.75, 3.05) is 18.0 Å². The molecule has 2 amide bonds. The molecule has 1 aliphatic rings. The van der Waals surface area contributed by atoms with Crippen molar-refractivity contribution >= 4 is 11.7 Å². The molecular weight excluding hydrogens is 195 g/mol. The van der Waals surface area contributed by atoms with E-state index in [9.17, 15) is 9.18 Å². The number of hydrogen-bond acceptors (Lipinski definition) is 1. The molecule has 0 spiro atoms. The standard InChI is InChI=1S/C11H13FN2O/c1-8-3-4-10(9(12)7-8)14-6-2-5-13-11(14)15/h3-4,7H,2,5-6H2,1H3,(H,13,15). The second-order valence-corrected chi connectivity index (χ2v) is 3.69. The molecule has 3 nitrogen and oxygen atoms in total. The van der Waals surface area contributed by atoms with Crippen LogP contribution < -0.4 is 10.2 Å². The van der Waals surface area contributed by atoms with Crippen LogP contribution in [0.5, 0.6) is 0 Å². The van der Waals surface area contributed by atoms with Crippen molar-refractivity contribution in [3.63, 3.8) is 0 Å². The van der Waals surface area contributed by atoms with E-state index in [2.05, 4.69) is 5.32 Å². The third-order valence-electron chi connectivity index (χ3n) is 2.47. The minimum Gasteiger partial charge on any atom is -0.338 e. The molecule has 4 heteroatoms. The van der Waals surface area contributed by atoms with Gasteiger partial charge in [-0.3, -0.25) is 4.90 Å².